The number of rotatable bonds is 0. The Hall–Kier alpha value is -1.87. The summed E-state index contributed by atoms with van der Waals surface area (Å²) in [5.41, 5.74) is 4.27. The molecule has 1 aromatic heterocycles. The molecule has 0 saturated carbocycles. The summed E-state index contributed by atoms with van der Waals surface area (Å²) < 4.78 is 0. The summed E-state index contributed by atoms with van der Waals surface area (Å²) in [6, 6.07) is 13.6. The standard InChI is InChI=1S/C17H19N3.CH4/c1-19-9-10-20-16(12-19)15-7-3-2-5-13(15)11-14-6-4-8-18-17(14)20;/h2-8,16H,9-12H2,1H3;1H4. The van der Waals surface area contributed by atoms with Crippen molar-refractivity contribution in [1.82, 2.24) is 9.88 Å². The van der Waals surface area contributed by atoms with Crippen LogP contribution in [0.2, 0.25) is 0 Å². The van der Waals surface area contributed by atoms with E-state index >= 15 is 0 Å². The van der Waals surface area contributed by atoms with Crippen LogP contribution in [-0.4, -0.2) is 36.6 Å². The molecule has 110 valence electrons. The van der Waals surface area contributed by atoms with E-state index in [2.05, 4.69) is 58.2 Å². The topological polar surface area (TPSA) is 19.4 Å². The van der Waals surface area contributed by atoms with Crippen molar-refractivity contribution in [3.05, 3.63) is 59.3 Å². The van der Waals surface area contributed by atoms with Gasteiger partial charge in [-0.1, -0.05) is 37.8 Å². The third-order valence-electron chi connectivity index (χ3n) is 4.52. The number of aromatic nitrogens is 1. The van der Waals surface area contributed by atoms with Gasteiger partial charge in [0.1, 0.15) is 5.82 Å². The second-order valence-corrected chi connectivity index (χ2v) is 5.83. The molecule has 1 atom stereocenters. The number of hydrogen-bond acceptors (Lipinski definition) is 3. The van der Waals surface area contributed by atoms with Crippen molar-refractivity contribution in [2.45, 2.75) is 19.9 Å². The lowest BCUT2D eigenvalue weighted by molar-refractivity contribution is 0.268. The molecule has 1 saturated heterocycles. The molecular weight excluding hydrogens is 258 g/mol. The Morgan fingerprint density at radius 3 is 2.76 bits per heavy atom. The summed E-state index contributed by atoms with van der Waals surface area (Å²) in [6.45, 7) is 3.24. The summed E-state index contributed by atoms with van der Waals surface area (Å²) in [7, 11) is 2.21. The van der Waals surface area contributed by atoms with Crippen molar-refractivity contribution < 1.29 is 0 Å². The molecule has 0 radical (unpaired) electrons. The van der Waals surface area contributed by atoms with E-state index < -0.39 is 0 Å². The molecule has 4 rings (SSSR count). The zero-order chi connectivity index (χ0) is 13.5. The smallest absolute Gasteiger partial charge is 0.132 e. The van der Waals surface area contributed by atoms with Gasteiger partial charge in [-0.3, -0.25) is 0 Å². The minimum atomic E-state index is 0. The van der Waals surface area contributed by atoms with Gasteiger partial charge in [0.05, 0.1) is 6.04 Å². The van der Waals surface area contributed by atoms with E-state index in [9.17, 15) is 0 Å². The van der Waals surface area contributed by atoms with Gasteiger partial charge in [0, 0.05) is 32.3 Å². The van der Waals surface area contributed by atoms with E-state index in [0.717, 1.165) is 26.1 Å². The number of nitrogens with zero attached hydrogens (tertiary/aromatic N) is 3. The Kier molecular flexibility index (Phi) is 3.68. The highest BCUT2D eigenvalue weighted by atomic mass is 15.3. The number of benzene rings is 1. The monoisotopic (exact) mass is 281 g/mol. The van der Waals surface area contributed by atoms with E-state index in [4.69, 9.17) is 0 Å². The van der Waals surface area contributed by atoms with Crippen molar-refractivity contribution in [2.75, 3.05) is 31.6 Å². The largest absolute Gasteiger partial charge is 0.347 e. The Bertz CT molecular complexity index is 638. The van der Waals surface area contributed by atoms with Gasteiger partial charge in [0.15, 0.2) is 0 Å². The summed E-state index contributed by atoms with van der Waals surface area (Å²) in [5, 5.41) is 0. The maximum Gasteiger partial charge on any atom is 0.132 e. The van der Waals surface area contributed by atoms with Gasteiger partial charge in [0.2, 0.25) is 0 Å². The highest BCUT2D eigenvalue weighted by molar-refractivity contribution is 5.56. The predicted molar refractivity (Wildman–Crippen MR) is 87.8 cm³/mol. The fourth-order valence-corrected chi connectivity index (χ4v) is 3.49. The average Bonchev–Trinajstić information content (AvgIpc) is 2.61. The van der Waals surface area contributed by atoms with E-state index in [1.165, 1.54) is 22.5 Å². The number of pyridine rings is 1. The molecule has 1 unspecified atom stereocenters. The summed E-state index contributed by atoms with van der Waals surface area (Å²) >= 11 is 0. The van der Waals surface area contributed by atoms with Crippen LogP contribution in [-0.2, 0) is 6.42 Å². The maximum atomic E-state index is 4.68. The average molecular weight is 281 g/mol. The first kappa shape index (κ1) is 14.1. The second kappa shape index (κ2) is 5.49. The molecule has 0 spiro atoms. The molecule has 3 heteroatoms. The molecule has 0 bridgehead atoms. The Morgan fingerprint density at radius 1 is 1.05 bits per heavy atom. The van der Waals surface area contributed by atoms with Gasteiger partial charge < -0.3 is 9.80 Å². The van der Waals surface area contributed by atoms with Crippen molar-refractivity contribution in [2.24, 2.45) is 0 Å². The molecule has 21 heavy (non-hydrogen) atoms. The SMILES string of the molecule is C.CN1CCN2c3ncccc3Cc3ccccc3C2C1. The highest BCUT2D eigenvalue weighted by Crippen LogP contribution is 2.37. The van der Waals surface area contributed by atoms with Gasteiger partial charge >= 0.3 is 0 Å². The fourth-order valence-electron chi connectivity index (χ4n) is 3.49. The van der Waals surface area contributed by atoms with Gasteiger partial charge in [-0.05, 0) is 29.8 Å². The zero-order valence-corrected chi connectivity index (χ0v) is 11.8. The number of fused-ring (bicyclic) bond motifs is 5. The molecular formula is C18H23N3. The highest BCUT2D eigenvalue weighted by Gasteiger charge is 2.32. The summed E-state index contributed by atoms with van der Waals surface area (Å²) in [4.78, 5) is 9.60. The third-order valence-corrected chi connectivity index (χ3v) is 4.52. The van der Waals surface area contributed by atoms with Crippen LogP contribution in [0.5, 0.6) is 0 Å². The van der Waals surface area contributed by atoms with Crippen LogP contribution in [0.4, 0.5) is 5.82 Å². The van der Waals surface area contributed by atoms with E-state index in [0.29, 0.717) is 6.04 Å². The molecule has 1 aromatic carbocycles. The van der Waals surface area contributed by atoms with E-state index in [-0.39, 0.29) is 7.43 Å². The normalized spacial score (nSPS) is 20.6. The van der Waals surface area contributed by atoms with Crippen LogP contribution in [0, 0.1) is 0 Å². The first-order valence-corrected chi connectivity index (χ1v) is 7.30. The summed E-state index contributed by atoms with van der Waals surface area (Å²) in [6.07, 6.45) is 2.92. The van der Waals surface area contributed by atoms with Crippen LogP contribution >= 0.6 is 0 Å². The lowest BCUT2D eigenvalue weighted by Gasteiger charge is -2.41. The lowest BCUT2D eigenvalue weighted by atomic mass is 9.96. The van der Waals surface area contributed by atoms with Gasteiger partial charge in [-0.2, -0.15) is 0 Å². The minimum Gasteiger partial charge on any atom is -0.347 e. The van der Waals surface area contributed by atoms with Crippen molar-refractivity contribution in [3.63, 3.8) is 0 Å². The molecule has 0 aliphatic carbocycles. The molecule has 3 nitrogen and oxygen atoms in total. The number of hydrogen-bond donors (Lipinski definition) is 0. The Labute approximate surface area is 127 Å². The van der Waals surface area contributed by atoms with E-state index in [1.54, 1.807) is 0 Å². The van der Waals surface area contributed by atoms with Crippen molar-refractivity contribution in [1.29, 1.82) is 0 Å². The number of anilines is 1. The first-order valence-electron chi connectivity index (χ1n) is 7.30. The van der Waals surface area contributed by atoms with Gasteiger partial charge in [0.25, 0.3) is 0 Å². The Morgan fingerprint density at radius 2 is 1.86 bits per heavy atom. The van der Waals surface area contributed by atoms with Crippen LogP contribution in [0.1, 0.15) is 30.2 Å². The predicted octanol–water partition coefficient (Wildman–Crippen LogP) is 3.12. The van der Waals surface area contributed by atoms with Crippen LogP contribution < -0.4 is 4.90 Å². The third kappa shape index (κ3) is 2.32. The molecule has 2 aliphatic heterocycles. The summed E-state index contributed by atoms with van der Waals surface area (Å²) in [5.74, 6) is 1.18. The second-order valence-electron chi connectivity index (χ2n) is 5.83. The minimum absolute atomic E-state index is 0. The molecule has 0 amide bonds. The maximum absolute atomic E-state index is 4.68. The van der Waals surface area contributed by atoms with E-state index in [1.807, 2.05) is 6.20 Å². The lowest BCUT2D eigenvalue weighted by Crippen LogP contribution is -2.47. The quantitative estimate of drug-likeness (QED) is 0.739. The molecule has 2 aliphatic rings. The molecule has 1 fully saturated rings. The number of piperazine rings is 1. The van der Waals surface area contributed by atoms with Crippen molar-refractivity contribution in [3.8, 4) is 0 Å². The first-order chi connectivity index (χ1) is 9.83. The number of likely N-dealkylation sites (N-methyl/N-ethyl adjacent to an activating group) is 1. The molecule has 2 aromatic rings. The van der Waals surface area contributed by atoms with Gasteiger partial charge in [-0.25, -0.2) is 4.98 Å². The van der Waals surface area contributed by atoms with Crippen molar-refractivity contribution >= 4 is 5.82 Å². The van der Waals surface area contributed by atoms with Crippen LogP contribution in [0.3, 0.4) is 0 Å². The van der Waals surface area contributed by atoms with Crippen LogP contribution in [0.25, 0.3) is 0 Å². The Balaban J connectivity index is 0.00000132. The van der Waals surface area contributed by atoms with Crippen LogP contribution in [0.15, 0.2) is 42.6 Å². The van der Waals surface area contributed by atoms with Gasteiger partial charge in [-0.15, -0.1) is 0 Å². The molecule has 3 heterocycles. The molecule has 0 N–H and O–H groups in total. The fraction of sp³-hybridized carbons (Fsp3) is 0.389. The zero-order valence-electron chi connectivity index (χ0n) is 11.8.